The molecule has 58 heavy (non-hydrogen) atoms. The van der Waals surface area contributed by atoms with Gasteiger partial charge < -0.3 is 56.8 Å². The Morgan fingerprint density at radius 3 is 1.00 bits per heavy atom. The number of carbonyl (C=O) groups is 8. The number of nitrogens with zero attached hydrogens (tertiary/aromatic N) is 2. The molecule has 10 atom stereocenters. The molecule has 2 saturated heterocycles. The molecule has 0 unspecified atom stereocenters. The van der Waals surface area contributed by atoms with E-state index < -0.39 is 134 Å². The fourth-order valence-electron chi connectivity index (χ4n) is 5.75. The van der Waals surface area contributed by atoms with E-state index in [1.807, 2.05) is 0 Å². The Bertz CT molecular complexity index is 1720. The van der Waals surface area contributed by atoms with E-state index in [9.17, 15) is 48.9 Å². The molecule has 0 amide bonds. The average Bonchev–Trinajstić information content (AvgIpc) is 3.10. The molecule has 22 heteroatoms. The van der Waals surface area contributed by atoms with Crippen LogP contribution in [0.25, 0.3) is 0 Å². The molecule has 0 N–H and O–H groups in total. The van der Waals surface area contributed by atoms with Crippen LogP contribution in [0.15, 0.2) is 12.1 Å². The standard InChI is InChI=1S/C36H40N2O20/c1-15(39)47-13-27-29(49-17(3)41)31(51-19(5)43)33(53-21(7)45)35(57-27)55-25-9-23(11-37)24(12-38)10-26(25)56-36-34(54-22(8)46)32(52-20(6)44)30(50-18(4)42)28(58-36)14-48-16(2)40/h9-10,27-36H,13-14H2,1-8H3/t27-,28-,29+,30+,31+,32+,33-,34-,35-,36-/m1/s1. The third kappa shape index (κ3) is 12.8. The Balaban J connectivity index is 2.25. The number of nitriles is 2. The molecule has 22 nitrogen and oxygen atoms in total. The van der Waals surface area contributed by atoms with E-state index in [1.165, 1.54) is 0 Å². The van der Waals surface area contributed by atoms with Gasteiger partial charge in [-0.1, -0.05) is 0 Å². The fourth-order valence-corrected chi connectivity index (χ4v) is 5.75. The quantitative estimate of drug-likeness (QED) is 0.181. The van der Waals surface area contributed by atoms with Crippen LogP contribution in [0.3, 0.4) is 0 Å². The molecule has 2 aliphatic heterocycles. The molecule has 3 rings (SSSR count). The monoisotopic (exact) mass is 820 g/mol. The molecule has 0 spiro atoms. The summed E-state index contributed by atoms with van der Waals surface area (Å²) in [6, 6.07) is 5.59. The highest BCUT2D eigenvalue weighted by atomic mass is 16.8. The summed E-state index contributed by atoms with van der Waals surface area (Å²) >= 11 is 0. The van der Waals surface area contributed by atoms with Crippen molar-refractivity contribution in [3.63, 3.8) is 0 Å². The van der Waals surface area contributed by atoms with E-state index >= 15 is 0 Å². The highest BCUT2D eigenvalue weighted by Crippen LogP contribution is 2.39. The minimum atomic E-state index is -1.88. The second kappa shape index (κ2) is 20.6. The molecule has 0 saturated carbocycles. The molecule has 0 aliphatic carbocycles. The number of hydrogen-bond donors (Lipinski definition) is 0. The molecule has 2 aliphatic rings. The smallest absolute Gasteiger partial charge is 0.303 e. The maximum atomic E-state index is 12.4. The van der Waals surface area contributed by atoms with Gasteiger partial charge in [0.25, 0.3) is 0 Å². The maximum Gasteiger partial charge on any atom is 0.303 e. The van der Waals surface area contributed by atoms with E-state index in [2.05, 4.69) is 0 Å². The molecular formula is C36H40N2O20. The van der Waals surface area contributed by atoms with Crippen molar-refractivity contribution in [3.05, 3.63) is 23.3 Å². The normalized spacial score (nSPS) is 26.1. The minimum absolute atomic E-state index is 0.308. The van der Waals surface area contributed by atoms with E-state index in [0.717, 1.165) is 67.5 Å². The lowest BCUT2D eigenvalue weighted by Crippen LogP contribution is -2.64. The van der Waals surface area contributed by atoms with Crippen LogP contribution in [0, 0.1) is 22.7 Å². The Hall–Kier alpha value is -6.52. The van der Waals surface area contributed by atoms with Crippen LogP contribution in [0.4, 0.5) is 0 Å². The van der Waals surface area contributed by atoms with Gasteiger partial charge in [0.05, 0.1) is 11.1 Å². The zero-order valence-corrected chi connectivity index (χ0v) is 32.4. The van der Waals surface area contributed by atoms with Crippen molar-refractivity contribution in [2.24, 2.45) is 0 Å². The van der Waals surface area contributed by atoms with Gasteiger partial charge in [-0.05, 0) is 0 Å². The van der Waals surface area contributed by atoms with Crippen molar-refractivity contribution in [1.29, 1.82) is 10.5 Å². The van der Waals surface area contributed by atoms with Crippen molar-refractivity contribution in [2.75, 3.05) is 13.2 Å². The van der Waals surface area contributed by atoms with Crippen molar-refractivity contribution < 1.29 is 95.2 Å². The maximum absolute atomic E-state index is 12.4. The van der Waals surface area contributed by atoms with Gasteiger partial charge in [-0.3, -0.25) is 38.4 Å². The van der Waals surface area contributed by atoms with E-state index in [1.54, 1.807) is 12.1 Å². The van der Waals surface area contributed by atoms with E-state index in [-0.39, 0.29) is 11.1 Å². The summed E-state index contributed by atoms with van der Waals surface area (Å²) in [6.07, 6.45) is -16.7. The number of carbonyl (C=O) groups excluding carboxylic acids is 8. The molecule has 2 fully saturated rings. The predicted octanol–water partition coefficient (Wildman–Crippen LogP) is 0.354. The van der Waals surface area contributed by atoms with Crippen molar-refractivity contribution in [2.45, 2.75) is 117 Å². The largest absolute Gasteiger partial charge is 0.463 e. The number of hydrogen-bond acceptors (Lipinski definition) is 22. The predicted molar refractivity (Wildman–Crippen MR) is 181 cm³/mol. The van der Waals surface area contributed by atoms with Crippen LogP contribution in [0.1, 0.15) is 66.5 Å². The molecule has 1 aromatic carbocycles. The van der Waals surface area contributed by atoms with Gasteiger partial charge in [0.15, 0.2) is 35.9 Å². The summed E-state index contributed by atoms with van der Waals surface area (Å²) in [7, 11) is 0. The van der Waals surface area contributed by atoms with Crippen molar-refractivity contribution in [1.82, 2.24) is 0 Å². The fraction of sp³-hybridized carbons (Fsp3) is 0.556. The van der Waals surface area contributed by atoms with Gasteiger partial charge >= 0.3 is 47.8 Å². The first-order valence-electron chi connectivity index (χ1n) is 17.2. The Kier molecular flexibility index (Phi) is 16.3. The Morgan fingerprint density at radius 1 is 0.466 bits per heavy atom. The molecule has 0 bridgehead atoms. The van der Waals surface area contributed by atoms with Crippen LogP contribution in [-0.2, 0) is 85.7 Å². The molecule has 0 aromatic heterocycles. The van der Waals surface area contributed by atoms with Crippen molar-refractivity contribution >= 4 is 47.8 Å². The van der Waals surface area contributed by atoms with Crippen molar-refractivity contribution in [3.8, 4) is 23.6 Å². The topological polar surface area (TPSA) is 295 Å². The lowest BCUT2D eigenvalue weighted by Gasteiger charge is -2.44. The van der Waals surface area contributed by atoms with Crippen LogP contribution >= 0.6 is 0 Å². The second-order valence-electron chi connectivity index (χ2n) is 12.4. The van der Waals surface area contributed by atoms with Crippen LogP contribution in [0.2, 0.25) is 0 Å². The zero-order valence-electron chi connectivity index (χ0n) is 32.4. The zero-order chi connectivity index (χ0) is 43.4. The van der Waals surface area contributed by atoms with E-state index in [0.29, 0.717) is 0 Å². The second-order valence-corrected chi connectivity index (χ2v) is 12.4. The van der Waals surface area contributed by atoms with Gasteiger partial charge in [0, 0.05) is 67.5 Å². The number of benzene rings is 1. The number of esters is 8. The molecular weight excluding hydrogens is 780 g/mol. The summed E-state index contributed by atoms with van der Waals surface area (Å²) in [6.45, 7) is 6.92. The summed E-state index contributed by atoms with van der Waals surface area (Å²) in [4.78, 5) is 97.5. The van der Waals surface area contributed by atoms with Crippen LogP contribution in [-0.4, -0.2) is 122 Å². The molecule has 0 radical (unpaired) electrons. The van der Waals surface area contributed by atoms with Gasteiger partial charge in [-0.15, -0.1) is 0 Å². The van der Waals surface area contributed by atoms with Crippen LogP contribution in [0.5, 0.6) is 11.5 Å². The number of ether oxygens (including phenoxy) is 12. The lowest BCUT2D eigenvalue weighted by atomic mass is 9.97. The SMILES string of the molecule is CC(=O)OC[C@H]1O[C@@H](Oc2cc(C#N)c(C#N)cc2O[C@@H]2O[C@H](COC(C)=O)[C@H](OC(C)=O)[C@H](OC(C)=O)[C@H]2OC(C)=O)[C@H](OC(C)=O)[C@@H](OC(C)=O)[C@H]1OC(C)=O. The minimum Gasteiger partial charge on any atom is -0.463 e. The average molecular weight is 821 g/mol. The van der Waals surface area contributed by atoms with E-state index in [4.69, 9.17) is 56.8 Å². The molecule has 2 heterocycles. The highest BCUT2D eigenvalue weighted by Gasteiger charge is 2.55. The Morgan fingerprint density at radius 2 is 0.741 bits per heavy atom. The lowest BCUT2D eigenvalue weighted by molar-refractivity contribution is -0.292. The number of rotatable bonds is 14. The van der Waals surface area contributed by atoms with Gasteiger partial charge in [0.1, 0.15) is 37.6 Å². The Labute approximate surface area is 330 Å². The first kappa shape index (κ1) is 45.9. The third-order valence-corrected chi connectivity index (χ3v) is 7.71. The van der Waals surface area contributed by atoms with Crippen LogP contribution < -0.4 is 9.47 Å². The van der Waals surface area contributed by atoms with Gasteiger partial charge in [-0.2, -0.15) is 10.5 Å². The van der Waals surface area contributed by atoms with Gasteiger partial charge in [0.2, 0.25) is 24.8 Å². The first-order valence-corrected chi connectivity index (χ1v) is 17.2. The summed E-state index contributed by atoms with van der Waals surface area (Å²) < 4.78 is 67.0. The highest BCUT2D eigenvalue weighted by molar-refractivity contribution is 5.70. The molecule has 314 valence electrons. The summed E-state index contributed by atoms with van der Waals surface area (Å²) in [5.74, 6) is -8.16. The molecule has 1 aromatic rings. The third-order valence-electron chi connectivity index (χ3n) is 7.71. The van der Waals surface area contributed by atoms with Gasteiger partial charge in [-0.25, -0.2) is 0 Å². The summed E-state index contributed by atoms with van der Waals surface area (Å²) in [5.41, 5.74) is -0.617. The first-order chi connectivity index (χ1) is 27.2. The summed E-state index contributed by atoms with van der Waals surface area (Å²) in [5, 5.41) is 19.8.